The average Bonchev–Trinajstić information content (AvgIpc) is 3.36. The molecule has 0 amide bonds. The monoisotopic (exact) mass is 294 g/mol. The number of rotatable bonds is 6. The van der Waals surface area contributed by atoms with Crippen molar-refractivity contribution in [1.82, 2.24) is 0 Å². The maximum Gasteiger partial charge on any atom is 0.161 e. The summed E-state index contributed by atoms with van der Waals surface area (Å²) in [5.41, 5.74) is 1.02. The molecule has 1 aromatic rings. The third kappa shape index (κ3) is 6.16. The summed E-state index contributed by atoms with van der Waals surface area (Å²) >= 11 is 0. The highest BCUT2D eigenvalue weighted by molar-refractivity contribution is 5.55. The van der Waals surface area contributed by atoms with Crippen LogP contribution in [-0.2, 0) is 14.2 Å². The number of benzene rings is 1. The molecule has 0 spiro atoms. The first kappa shape index (κ1) is 15.8. The van der Waals surface area contributed by atoms with Crippen LogP contribution >= 0.6 is 0 Å². The van der Waals surface area contributed by atoms with Crippen LogP contribution in [0.15, 0.2) is 24.3 Å². The van der Waals surface area contributed by atoms with Gasteiger partial charge in [-0.05, 0) is 24.6 Å². The molecular formula is C16H22O5. The molecule has 2 unspecified atom stereocenters. The molecule has 5 nitrogen and oxygen atoms in total. The number of methoxy groups -OCH3 is 1. The third-order valence-electron chi connectivity index (χ3n) is 2.98. The SMILES string of the molecule is C(OCC1CO1)C1CO1.CC=Cc1ccc(O)c(OC)c1. The van der Waals surface area contributed by atoms with Gasteiger partial charge in [0.25, 0.3) is 0 Å². The smallest absolute Gasteiger partial charge is 0.161 e. The van der Waals surface area contributed by atoms with Crippen LogP contribution in [0.25, 0.3) is 6.08 Å². The summed E-state index contributed by atoms with van der Waals surface area (Å²) < 4.78 is 20.1. The summed E-state index contributed by atoms with van der Waals surface area (Å²) in [7, 11) is 1.54. The van der Waals surface area contributed by atoms with Gasteiger partial charge in [0.05, 0.1) is 33.5 Å². The zero-order valence-corrected chi connectivity index (χ0v) is 12.5. The van der Waals surface area contributed by atoms with Crippen LogP contribution in [0, 0.1) is 0 Å². The van der Waals surface area contributed by atoms with Crippen molar-refractivity contribution >= 4 is 6.08 Å². The zero-order valence-electron chi connectivity index (χ0n) is 12.5. The normalized spacial score (nSPS) is 22.6. The highest BCUT2D eigenvalue weighted by atomic mass is 16.6. The zero-order chi connectivity index (χ0) is 15.1. The molecule has 0 aliphatic carbocycles. The van der Waals surface area contributed by atoms with Gasteiger partial charge in [0, 0.05) is 0 Å². The number of hydrogen-bond acceptors (Lipinski definition) is 5. The first-order chi connectivity index (χ1) is 10.2. The molecule has 2 saturated heterocycles. The summed E-state index contributed by atoms with van der Waals surface area (Å²) in [4.78, 5) is 0. The van der Waals surface area contributed by atoms with Gasteiger partial charge < -0.3 is 24.1 Å². The minimum absolute atomic E-state index is 0.172. The molecule has 5 heteroatoms. The molecular weight excluding hydrogens is 272 g/mol. The van der Waals surface area contributed by atoms with Crippen molar-refractivity contribution in [2.24, 2.45) is 0 Å². The number of allylic oxidation sites excluding steroid dienone is 1. The molecule has 2 aliphatic rings. The molecule has 0 saturated carbocycles. The Hall–Kier alpha value is -1.56. The fourth-order valence-electron chi connectivity index (χ4n) is 1.65. The van der Waals surface area contributed by atoms with Gasteiger partial charge in [0.15, 0.2) is 11.5 Å². The molecule has 21 heavy (non-hydrogen) atoms. The molecule has 116 valence electrons. The van der Waals surface area contributed by atoms with Crippen LogP contribution in [0.1, 0.15) is 12.5 Å². The van der Waals surface area contributed by atoms with Crippen molar-refractivity contribution in [3.8, 4) is 11.5 Å². The molecule has 3 rings (SSSR count). The summed E-state index contributed by atoms with van der Waals surface area (Å²) in [6, 6.07) is 5.24. The number of phenolic OH excluding ortho intramolecular Hbond substituents is 1. The van der Waals surface area contributed by atoms with E-state index in [4.69, 9.17) is 18.9 Å². The van der Waals surface area contributed by atoms with Crippen molar-refractivity contribution < 1.29 is 24.1 Å². The van der Waals surface area contributed by atoms with Crippen LogP contribution in [0.5, 0.6) is 11.5 Å². The van der Waals surface area contributed by atoms with E-state index in [1.54, 1.807) is 12.1 Å². The molecule has 1 aromatic carbocycles. The van der Waals surface area contributed by atoms with Gasteiger partial charge in [-0.2, -0.15) is 0 Å². The molecule has 2 heterocycles. The van der Waals surface area contributed by atoms with Gasteiger partial charge in [0.1, 0.15) is 12.2 Å². The van der Waals surface area contributed by atoms with Gasteiger partial charge in [-0.1, -0.05) is 18.2 Å². The second-order valence-electron chi connectivity index (χ2n) is 4.88. The molecule has 2 atom stereocenters. The standard InChI is InChI=1S/C10H12O2.C6H10O3/c1-3-4-8-5-6-9(11)10(7-8)12-2;1(5-3-8-5)7-2-6-4-9-6/h3-7,11H,1-2H3;5-6H,1-4H2. The fourth-order valence-corrected chi connectivity index (χ4v) is 1.65. The maximum atomic E-state index is 9.25. The van der Waals surface area contributed by atoms with E-state index >= 15 is 0 Å². The second-order valence-corrected chi connectivity index (χ2v) is 4.88. The maximum absolute atomic E-state index is 9.25. The van der Waals surface area contributed by atoms with Crippen LogP contribution in [0.2, 0.25) is 0 Å². The van der Waals surface area contributed by atoms with E-state index in [0.29, 0.717) is 18.0 Å². The Balaban J connectivity index is 0.000000159. The van der Waals surface area contributed by atoms with Crippen LogP contribution in [-0.4, -0.2) is 50.9 Å². The lowest BCUT2D eigenvalue weighted by Gasteiger charge is -2.03. The second kappa shape index (κ2) is 8.02. The third-order valence-corrected chi connectivity index (χ3v) is 2.98. The van der Waals surface area contributed by atoms with E-state index in [-0.39, 0.29) is 5.75 Å². The Kier molecular flexibility index (Phi) is 6.04. The van der Waals surface area contributed by atoms with E-state index in [9.17, 15) is 5.11 Å². The number of epoxide rings is 2. The molecule has 1 N–H and O–H groups in total. The van der Waals surface area contributed by atoms with Crippen molar-refractivity contribution in [3.05, 3.63) is 29.8 Å². The molecule has 0 bridgehead atoms. The van der Waals surface area contributed by atoms with Gasteiger partial charge in [-0.3, -0.25) is 0 Å². The first-order valence-corrected chi connectivity index (χ1v) is 7.03. The molecule has 2 aliphatic heterocycles. The molecule has 0 aromatic heterocycles. The van der Waals surface area contributed by atoms with Crippen molar-refractivity contribution in [3.63, 3.8) is 0 Å². The summed E-state index contributed by atoms with van der Waals surface area (Å²) in [6.07, 6.45) is 4.67. The minimum Gasteiger partial charge on any atom is -0.504 e. The van der Waals surface area contributed by atoms with Crippen LogP contribution in [0.3, 0.4) is 0 Å². The molecule has 2 fully saturated rings. The number of ether oxygens (including phenoxy) is 4. The summed E-state index contributed by atoms with van der Waals surface area (Å²) in [5.74, 6) is 0.677. The number of aromatic hydroxyl groups is 1. The van der Waals surface area contributed by atoms with E-state index in [1.807, 2.05) is 25.1 Å². The van der Waals surface area contributed by atoms with Gasteiger partial charge >= 0.3 is 0 Å². The van der Waals surface area contributed by atoms with Crippen molar-refractivity contribution in [2.75, 3.05) is 33.5 Å². The van der Waals surface area contributed by atoms with E-state index < -0.39 is 0 Å². The van der Waals surface area contributed by atoms with E-state index in [0.717, 1.165) is 32.0 Å². The predicted molar refractivity (Wildman–Crippen MR) is 79.7 cm³/mol. The highest BCUT2D eigenvalue weighted by Crippen LogP contribution is 2.26. The quantitative estimate of drug-likeness (QED) is 0.815. The Morgan fingerprint density at radius 1 is 1.24 bits per heavy atom. The lowest BCUT2D eigenvalue weighted by atomic mass is 10.2. The number of phenols is 1. The minimum atomic E-state index is 0.172. The summed E-state index contributed by atoms with van der Waals surface area (Å²) in [5, 5.41) is 9.25. The Bertz CT molecular complexity index is 452. The fraction of sp³-hybridized carbons (Fsp3) is 0.500. The Morgan fingerprint density at radius 2 is 1.86 bits per heavy atom. The predicted octanol–water partition coefficient (Wildman–Crippen LogP) is 2.23. The van der Waals surface area contributed by atoms with Crippen LogP contribution < -0.4 is 4.74 Å². The first-order valence-electron chi connectivity index (χ1n) is 7.03. The van der Waals surface area contributed by atoms with Crippen molar-refractivity contribution in [2.45, 2.75) is 19.1 Å². The topological polar surface area (TPSA) is 63.8 Å². The van der Waals surface area contributed by atoms with Crippen LogP contribution in [0.4, 0.5) is 0 Å². The molecule has 0 radical (unpaired) electrons. The lowest BCUT2D eigenvalue weighted by Crippen LogP contribution is -2.06. The summed E-state index contributed by atoms with van der Waals surface area (Å²) in [6.45, 7) is 5.20. The Labute approximate surface area is 125 Å². The largest absolute Gasteiger partial charge is 0.504 e. The van der Waals surface area contributed by atoms with Crippen molar-refractivity contribution in [1.29, 1.82) is 0 Å². The average molecular weight is 294 g/mol. The van der Waals surface area contributed by atoms with Gasteiger partial charge in [0.2, 0.25) is 0 Å². The van der Waals surface area contributed by atoms with Gasteiger partial charge in [-0.25, -0.2) is 0 Å². The van der Waals surface area contributed by atoms with E-state index in [1.165, 1.54) is 7.11 Å². The van der Waals surface area contributed by atoms with Gasteiger partial charge in [-0.15, -0.1) is 0 Å². The van der Waals surface area contributed by atoms with E-state index in [2.05, 4.69) is 0 Å². The Morgan fingerprint density at radius 3 is 2.33 bits per heavy atom. The number of hydrogen-bond donors (Lipinski definition) is 1. The lowest BCUT2D eigenvalue weighted by molar-refractivity contribution is 0.102. The highest BCUT2D eigenvalue weighted by Gasteiger charge is 2.26.